The van der Waals surface area contributed by atoms with Gasteiger partial charge in [0.05, 0.1) is 11.8 Å². The molecule has 2 aromatic carbocycles. The highest BCUT2D eigenvalue weighted by molar-refractivity contribution is 5.68. The fourth-order valence-corrected chi connectivity index (χ4v) is 4.08. The van der Waals surface area contributed by atoms with Gasteiger partial charge in [0.2, 0.25) is 0 Å². The van der Waals surface area contributed by atoms with Crippen LogP contribution in [-0.2, 0) is 11.2 Å². The monoisotopic (exact) mass is 489 g/mol. The summed E-state index contributed by atoms with van der Waals surface area (Å²) in [6.07, 6.45) is 14.9. The molecule has 0 spiro atoms. The minimum atomic E-state index is -0.853. The number of rotatable bonds is 14. The molecule has 0 radical (unpaired) electrons. The number of aromatic nitrogens is 1. The number of hydrogen-bond acceptors (Lipinski definition) is 2. The Morgan fingerprint density at radius 3 is 2.42 bits per heavy atom. The largest absolute Gasteiger partial charge is 0.379 e. The van der Waals surface area contributed by atoms with Crippen LogP contribution >= 0.6 is 0 Å². The van der Waals surface area contributed by atoms with Gasteiger partial charge in [-0.2, -0.15) is 0 Å². The van der Waals surface area contributed by atoms with Crippen molar-refractivity contribution in [2.45, 2.75) is 64.9 Å². The highest BCUT2D eigenvalue weighted by Gasteiger charge is 2.14. The summed E-state index contributed by atoms with van der Waals surface area (Å²) in [4.78, 5) is 4.48. The summed E-state index contributed by atoms with van der Waals surface area (Å²) in [7, 11) is 0. The summed E-state index contributed by atoms with van der Waals surface area (Å²) in [5, 5.41) is 0. The van der Waals surface area contributed by atoms with E-state index in [2.05, 4.69) is 49.7 Å². The molecular weight excluding hydrogens is 452 g/mol. The summed E-state index contributed by atoms with van der Waals surface area (Å²) >= 11 is 0. The van der Waals surface area contributed by atoms with Crippen LogP contribution in [0.5, 0.6) is 0 Å². The first-order chi connectivity index (χ1) is 17.5. The van der Waals surface area contributed by atoms with E-state index in [-0.39, 0.29) is 5.56 Å². The van der Waals surface area contributed by atoms with Crippen LogP contribution in [0.25, 0.3) is 28.5 Å². The molecule has 36 heavy (non-hydrogen) atoms. The maximum atomic E-state index is 14.6. The van der Waals surface area contributed by atoms with Gasteiger partial charge in [-0.15, -0.1) is 6.58 Å². The summed E-state index contributed by atoms with van der Waals surface area (Å²) in [6, 6.07) is 15.0. The van der Waals surface area contributed by atoms with Gasteiger partial charge >= 0.3 is 0 Å². The van der Waals surface area contributed by atoms with Gasteiger partial charge in [-0.25, -0.2) is 8.78 Å². The number of halogens is 2. The van der Waals surface area contributed by atoms with Gasteiger partial charge in [0.1, 0.15) is 0 Å². The third kappa shape index (κ3) is 7.96. The zero-order valence-electron chi connectivity index (χ0n) is 21.5. The molecule has 0 aliphatic heterocycles. The lowest BCUT2D eigenvalue weighted by Crippen LogP contribution is -2.08. The number of nitrogens with zero attached hydrogens (tertiary/aromatic N) is 1. The van der Waals surface area contributed by atoms with Crippen LogP contribution in [0.3, 0.4) is 0 Å². The number of allylic oxidation sites excluding steroid dienone is 2. The molecule has 0 saturated heterocycles. The molecule has 1 unspecified atom stereocenters. The lowest BCUT2D eigenvalue weighted by molar-refractivity contribution is 0.0566. The molecule has 190 valence electrons. The summed E-state index contributed by atoms with van der Waals surface area (Å²) < 4.78 is 34.7. The third-order valence-corrected chi connectivity index (χ3v) is 6.25. The second-order valence-electron chi connectivity index (χ2n) is 9.17. The Labute approximate surface area is 214 Å². The Bertz CT molecular complexity index is 1120. The van der Waals surface area contributed by atoms with Gasteiger partial charge in [0.15, 0.2) is 11.6 Å². The van der Waals surface area contributed by atoms with E-state index in [1.165, 1.54) is 12.8 Å². The quantitative estimate of drug-likeness (QED) is 0.166. The van der Waals surface area contributed by atoms with E-state index in [0.717, 1.165) is 49.1 Å². The fraction of sp³-hybridized carbons (Fsp3) is 0.344. The highest BCUT2D eigenvalue weighted by Crippen LogP contribution is 2.28. The first-order valence-electron chi connectivity index (χ1n) is 13.0. The van der Waals surface area contributed by atoms with E-state index in [1.807, 2.05) is 18.2 Å². The number of pyridine rings is 1. The van der Waals surface area contributed by atoms with E-state index in [0.29, 0.717) is 23.7 Å². The van der Waals surface area contributed by atoms with Crippen molar-refractivity contribution in [2.75, 3.05) is 6.61 Å². The van der Waals surface area contributed by atoms with Crippen LogP contribution in [0.1, 0.15) is 63.5 Å². The lowest BCUT2D eigenvalue weighted by Gasteiger charge is -2.12. The van der Waals surface area contributed by atoms with Crippen molar-refractivity contribution < 1.29 is 13.5 Å². The molecule has 4 heteroatoms. The van der Waals surface area contributed by atoms with E-state index in [1.54, 1.807) is 30.5 Å². The molecule has 0 aliphatic carbocycles. The van der Waals surface area contributed by atoms with Crippen molar-refractivity contribution in [1.29, 1.82) is 0 Å². The van der Waals surface area contributed by atoms with Crippen molar-refractivity contribution in [1.82, 2.24) is 4.98 Å². The van der Waals surface area contributed by atoms with Gasteiger partial charge in [0, 0.05) is 29.5 Å². The van der Waals surface area contributed by atoms with E-state index >= 15 is 0 Å². The molecule has 0 fully saturated rings. The molecular formula is C32H37F2NO. The third-order valence-electron chi connectivity index (χ3n) is 6.25. The minimum absolute atomic E-state index is 0.206. The van der Waals surface area contributed by atoms with Crippen molar-refractivity contribution in [3.8, 4) is 22.4 Å². The van der Waals surface area contributed by atoms with Crippen molar-refractivity contribution in [3.05, 3.63) is 96.2 Å². The SMILES string of the molecule is C=CCc1ccc(-c2ccc(-c3ccc(/C=C/CCCC(C)OCCCCC)cc3)nc2)c(F)c1F. The second kappa shape index (κ2) is 14.4. The summed E-state index contributed by atoms with van der Waals surface area (Å²) in [6.45, 7) is 8.81. The highest BCUT2D eigenvalue weighted by atomic mass is 19.2. The molecule has 2 nitrogen and oxygen atoms in total. The first kappa shape index (κ1) is 27.5. The van der Waals surface area contributed by atoms with Crippen LogP contribution in [0.2, 0.25) is 0 Å². The molecule has 1 aromatic heterocycles. The van der Waals surface area contributed by atoms with E-state index < -0.39 is 11.6 Å². The topological polar surface area (TPSA) is 22.1 Å². The Balaban J connectivity index is 1.52. The Hall–Kier alpha value is -3.11. The number of unbranched alkanes of at least 4 members (excludes halogenated alkanes) is 3. The minimum Gasteiger partial charge on any atom is -0.379 e. The van der Waals surface area contributed by atoms with Crippen molar-refractivity contribution in [2.24, 2.45) is 0 Å². The van der Waals surface area contributed by atoms with Gasteiger partial charge in [-0.1, -0.05) is 80.5 Å². The van der Waals surface area contributed by atoms with E-state index in [9.17, 15) is 8.78 Å². The first-order valence-corrected chi connectivity index (χ1v) is 13.0. The lowest BCUT2D eigenvalue weighted by atomic mass is 10.0. The van der Waals surface area contributed by atoms with Crippen LogP contribution in [0.15, 0.2) is 73.5 Å². The zero-order valence-corrected chi connectivity index (χ0v) is 21.5. The van der Waals surface area contributed by atoms with Crippen molar-refractivity contribution >= 4 is 6.08 Å². The second-order valence-corrected chi connectivity index (χ2v) is 9.17. The predicted molar refractivity (Wildman–Crippen MR) is 147 cm³/mol. The number of benzene rings is 2. The number of ether oxygens (including phenoxy) is 1. The smallest absolute Gasteiger partial charge is 0.166 e. The van der Waals surface area contributed by atoms with E-state index in [4.69, 9.17) is 4.74 Å². The molecule has 0 N–H and O–H groups in total. The maximum absolute atomic E-state index is 14.6. The summed E-state index contributed by atoms with van der Waals surface area (Å²) in [5.41, 5.74) is 3.94. The molecule has 3 aromatic rings. The van der Waals surface area contributed by atoms with Gasteiger partial charge in [-0.3, -0.25) is 4.98 Å². The van der Waals surface area contributed by atoms with Crippen LogP contribution < -0.4 is 0 Å². The predicted octanol–water partition coefficient (Wildman–Crippen LogP) is 9.20. The molecule has 1 heterocycles. The molecule has 0 amide bonds. The van der Waals surface area contributed by atoms with Gasteiger partial charge in [-0.05, 0) is 56.2 Å². The van der Waals surface area contributed by atoms with Crippen LogP contribution in [0.4, 0.5) is 8.78 Å². The molecule has 0 aliphatic rings. The van der Waals surface area contributed by atoms with Crippen LogP contribution in [0, 0.1) is 11.6 Å². The Morgan fingerprint density at radius 1 is 0.944 bits per heavy atom. The normalized spacial score (nSPS) is 12.2. The average Bonchev–Trinajstić information content (AvgIpc) is 2.90. The Kier molecular flexibility index (Phi) is 11.0. The molecule has 3 rings (SSSR count). The van der Waals surface area contributed by atoms with Crippen molar-refractivity contribution in [3.63, 3.8) is 0 Å². The number of hydrogen-bond donors (Lipinski definition) is 0. The molecule has 0 saturated carbocycles. The average molecular weight is 490 g/mol. The Morgan fingerprint density at radius 2 is 1.72 bits per heavy atom. The molecule has 1 atom stereocenters. The zero-order chi connectivity index (χ0) is 25.8. The fourth-order valence-electron chi connectivity index (χ4n) is 4.08. The summed E-state index contributed by atoms with van der Waals surface area (Å²) in [5.74, 6) is -1.68. The maximum Gasteiger partial charge on any atom is 0.166 e. The van der Waals surface area contributed by atoms with Crippen LogP contribution in [-0.4, -0.2) is 17.7 Å². The molecule has 0 bridgehead atoms. The van der Waals surface area contributed by atoms with Gasteiger partial charge < -0.3 is 4.74 Å². The standard InChI is InChI=1S/C32H37F2NO/c1-4-6-10-22-36-24(3)12-8-7-9-13-25-14-16-26(17-15-25)30-21-19-28(23-35-30)29-20-18-27(11-5-2)31(33)32(29)34/h5,9,13-21,23-24H,2,4,6-8,10-12,22H2,1,3H3/b13-9+. The van der Waals surface area contributed by atoms with Gasteiger partial charge in [0.25, 0.3) is 0 Å².